The summed E-state index contributed by atoms with van der Waals surface area (Å²) in [5.41, 5.74) is 1.18. The van der Waals surface area contributed by atoms with Crippen molar-refractivity contribution in [3.63, 3.8) is 0 Å². The van der Waals surface area contributed by atoms with Gasteiger partial charge < -0.3 is 14.8 Å². The van der Waals surface area contributed by atoms with Gasteiger partial charge in [-0.2, -0.15) is 0 Å². The first-order chi connectivity index (χ1) is 12.8. The molecule has 0 atom stereocenters. The molecule has 0 radical (unpaired) electrons. The van der Waals surface area contributed by atoms with Crippen molar-refractivity contribution in [2.45, 2.75) is 19.8 Å². The lowest BCUT2D eigenvalue weighted by atomic mass is 10.2. The molecule has 0 saturated heterocycles. The van der Waals surface area contributed by atoms with Gasteiger partial charge >= 0.3 is 5.97 Å². The topological polar surface area (TPSA) is 81.7 Å². The van der Waals surface area contributed by atoms with Gasteiger partial charge in [-0.1, -0.05) is 23.2 Å². The first-order valence-corrected chi connectivity index (χ1v) is 9.45. The third-order valence-electron chi connectivity index (χ3n) is 3.52. The molecular weight excluding hydrogens is 413 g/mol. The molecule has 0 aliphatic heterocycles. The van der Waals surface area contributed by atoms with E-state index in [4.69, 9.17) is 32.7 Å². The maximum absolute atomic E-state index is 12.0. The second-order valence-electron chi connectivity index (χ2n) is 5.54. The van der Waals surface area contributed by atoms with Gasteiger partial charge in [0.2, 0.25) is 0 Å². The monoisotopic (exact) mass is 429 g/mol. The van der Waals surface area contributed by atoms with E-state index in [9.17, 15) is 14.4 Å². The van der Waals surface area contributed by atoms with Gasteiger partial charge in [-0.25, -0.2) is 0 Å². The summed E-state index contributed by atoms with van der Waals surface area (Å²) in [4.78, 5) is 36.1. The molecule has 0 bridgehead atoms. The van der Waals surface area contributed by atoms with Crippen LogP contribution in [0.2, 0.25) is 9.36 Å². The Bertz CT molecular complexity index is 865. The van der Waals surface area contributed by atoms with E-state index < -0.39 is 18.5 Å². The van der Waals surface area contributed by atoms with E-state index in [0.29, 0.717) is 25.7 Å². The lowest BCUT2D eigenvalue weighted by Crippen LogP contribution is -2.21. The SMILES string of the molecule is COc1cc(Cl)c(C)cc1NC(=O)COC(=O)CCC(=O)c1ccc(Cl)s1. The highest BCUT2D eigenvalue weighted by Crippen LogP contribution is 2.30. The largest absolute Gasteiger partial charge is 0.495 e. The van der Waals surface area contributed by atoms with E-state index in [-0.39, 0.29) is 18.6 Å². The molecule has 9 heteroatoms. The number of ketones is 1. The van der Waals surface area contributed by atoms with Crippen LogP contribution < -0.4 is 10.1 Å². The first-order valence-electron chi connectivity index (χ1n) is 7.88. The van der Waals surface area contributed by atoms with Crippen LogP contribution in [0.4, 0.5) is 5.69 Å². The Morgan fingerprint density at radius 1 is 1.15 bits per heavy atom. The molecule has 0 fully saturated rings. The maximum Gasteiger partial charge on any atom is 0.306 e. The zero-order valence-corrected chi connectivity index (χ0v) is 17.0. The minimum atomic E-state index is -0.639. The number of Topliss-reactive ketones (excluding diaryl/α,β-unsaturated/α-hetero) is 1. The number of hydrogen-bond acceptors (Lipinski definition) is 6. The van der Waals surface area contributed by atoms with Crippen molar-refractivity contribution >= 4 is 57.9 Å². The summed E-state index contributed by atoms with van der Waals surface area (Å²) in [6.07, 6.45) is -0.132. The minimum Gasteiger partial charge on any atom is -0.495 e. The molecule has 2 aromatic rings. The number of halogens is 2. The van der Waals surface area contributed by atoms with E-state index in [0.717, 1.165) is 16.9 Å². The van der Waals surface area contributed by atoms with Crippen LogP contribution in [0, 0.1) is 6.92 Å². The van der Waals surface area contributed by atoms with Gasteiger partial charge in [0.15, 0.2) is 12.4 Å². The standard InChI is InChI=1S/C18H17Cl2NO5S/c1-10-7-12(14(25-2)8-11(10)19)21-17(23)9-26-18(24)6-3-13(22)15-4-5-16(20)27-15/h4-5,7-8H,3,6,9H2,1-2H3,(H,21,23). The molecule has 1 aromatic heterocycles. The van der Waals surface area contributed by atoms with Crippen molar-refractivity contribution in [2.75, 3.05) is 19.0 Å². The van der Waals surface area contributed by atoms with Gasteiger partial charge in [0.25, 0.3) is 5.91 Å². The number of hydrogen-bond donors (Lipinski definition) is 1. The molecule has 144 valence electrons. The van der Waals surface area contributed by atoms with Crippen LogP contribution in [0.5, 0.6) is 5.75 Å². The fraction of sp³-hybridized carbons (Fsp3) is 0.278. The summed E-state index contributed by atoms with van der Waals surface area (Å²) in [5.74, 6) is -0.972. The third kappa shape index (κ3) is 6.23. The van der Waals surface area contributed by atoms with Crippen LogP contribution in [0.3, 0.4) is 0 Å². The Morgan fingerprint density at radius 3 is 2.52 bits per heavy atom. The molecule has 6 nitrogen and oxygen atoms in total. The predicted octanol–water partition coefficient (Wildman–Crippen LogP) is 4.52. The normalized spacial score (nSPS) is 10.4. The molecular formula is C18H17Cl2NO5S. The number of methoxy groups -OCH3 is 1. The van der Waals surface area contributed by atoms with Gasteiger partial charge in [-0.3, -0.25) is 14.4 Å². The molecule has 1 N–H and O–H groups in total. The quantitative estimate of drug-likeness (QED) is 0.492. The van der Waals surface area contributed by atoms with E-state index in [2.05, 4.69) is 5.32 Å². The average Bonchev–Trinajstić information content (AvgIpc) is 3.07. The number of thiophene rings is 1. The summed E-state index contributed by atoms with van der Waals surface area (Å²) in [5, 5.41) is 3.11. The molecule has 1 heterocycles. The Balaban J connectivity index is 1.80. The van der Waals surface area contributed by atoms with Gasteiger partial charge in [-0.15, -0.1) is 11.3 Å². The van der Waals surface area contributed by atoms with Crippen LogP contribution in [0.1, 0.15) is 28.1 Å². The van der Waals surface area contributed by atoms with Gasteiger partial charge in [0, 0.05) is 17.5 Å². The Hall–Kier alpha value is -2.09. The molecule has 0 aliphatic rings. The number of rotatable bonds is 8. The van der Waals surface area contributed by atoms with E-state index in [1.165, 1.54) is 7.11 Å². The molecule has 0 saturated carbocycles. The van der Waals surface area contributed by atoms with Crippen LogP contribution >= 0.6 is 34.5 Å². The molecule has 0 spiro atoms. The lowest BCUT2D eigenvalue weighted by molar-refractivity contribution is -0.147. The van der Waals surface area contributed by atoms with E-state index in [1.54, 1.807) is 31.2 Å². The zero-order valence-electron chi connectivity index (χ0n) is 14.6. The third-order valence-corrected chi connectivity index (χ3v) is 5.20. The number of nitrogens with one attached hydrogen (secondary N) is 1. The van der Waals surface area contributed by atoms with Crippen molar-refractivity contribution < 1.29 is 23.9 Å². The fourth-order valence-corrected chi connectivity index (χ4v) is 3.30. The Labute approximate surface area is 170 Å². The smallest absolute Gasteiger partial charge is 0.306 e. The summed E-state index contributed by atoms with van der Waals surface area (Å²) in [6, 6.07) is 6.47. The number of ether oxygens (including phenoxy) is 2. The van der Waals surface area contributed by atoms with Gasteiger partial charge in [0.05, 0.1) is 28.4 Å². The summed E-state index contributed by atoms with van der Waals surface area (Å²) in [6.45, 7) is 1.32. The fourth-order valence-electron chi connectivity index (χ4n) is 2.14. The number of aryl methyl sites for hydroxylation is 1. The van der Waals surface area contributed by atoms with Crippen LogP contribution in [0.15, 0.2) is 24.3 Å². The average molecular weight is 430 g/mol. The second kappa shape index (κ2) is 9.73. The molecule has 0 unspecified atom stereocenters. The van der Waals surface area contributed by atoms with Crippen molar-refractivity contribution in [3.8, 4) is 5.75 Å². The number of esters is 1. The van der Waals surface area contributed by atoms with Crippen LogP contribution in [-0.2, 0) is 14.3 Å². The van der Waals surface area contributed by atoms with Crippen LogP contribution in [-0.4, -0.2) is 31.4 Å². The van der Waals surface area contributed by atoms with Crippen molar-refractivity contribution in [1.29, 1.82) is 0 Å². The number of anilines is 1. The number of amides is 1. The van der Waals surface area contributed by atoms with Crippen molar-refractivity contribution in [1.82, 2.24) is 0 Å². The number of benzene rings is 1. The zero-order chi connectivity index (χ0) is 20.0. The van der Waals surface area contributed by atoms with E-state index in [1.807, 2.05) is 0 Å². The van der Waals surface area contributed by atoms with Crippen molar-refractivity contribution in [3.05, 3.63) is 44.1 Å². The van der Waals surface area contributed by atoms with Gasteiger partial charge in [-0.05, 0) is 30.7 Å². The molecule has 1 aromatic carbocycles. The molecule has 2 rings (SSSR count). The van der Waals surface area contributed by atoms with Crippen molar-refractivity contribution in [2.24, 2.45) is 0 Å². The Morgan fingerprint density at radius 2 is 1.89 bits per heavy atom. The number of carbonyl (C=O) groups excluding carboxylic acids is 3. The minimum absolute atomic E-state index is 0.0124. The maximum atomic E-state index is 12.0. The van der Waals surface area contributed by atoms with Gasteiger partial charge in [0.1, 0.15) is 5.75 Å². The lowest BCUT2D eigenvalue weighted by Gasteiger charge is -2.12. The summed E-state index contributed by atoms with van der Waals surface area (Å²) < 4.78 is 10.6. The molecule has 1 amide bonds. The van der Waals surface area contributed by atoms with E-state index >= 15 is 0 Å². The molecule has 27 heavy (non-hydrogen) atoms. The summed E-state index contributed by atoms with van der Waals surface area (Å²) in [7, 11) is 1.45. The predicted molar refractivity (Wildman–Crippen MR) is 105 cm³/mol. The first kappa shape index (κ1) is 21.2. The molecule has 0 aliphatic carbocycles. The Kier molecular flexibility index (Phi) is 7.65. The summed E-state index contributed by atoms with van der Waals surface area (Å²) >= 11 is 12.9. The van der Waals surface area contributed by atoms with Crippen LogP contribution in [0.25, 0.3) is 0 Å². The highest BCUT2D eigenvalue weighted by Gasteiger charge is 2.15. The second-order valence-corrected chi connectivity index (χ2v) is 7.66. The highest BCUT2D eigenvalue weighted by molar-refractivity contribution is 7.18. The highest BCUT2D eigenvalue weighted by atomic mass is 35.5. The number of carbonyl (C=O) groups is 3.